The van der Waals surface area contributed by atoms with Crippen molar-refractivity contribution in [3.05, 3.63) is 48.5 Å². The highest BCUT2D eigenvalue weighted by atomic mass is 32.2. The first kappa shape index (κ1) is 17.4. The third-order valence-corrected chi connectivity index (χ3v) is 5.11. The number of hydrogen-bond donors (Lipinski definition) is 1. The summed E-state index contributed by atoms with van der Waals surface area (Å²) in [5.41, 5.74) is 1.71. The molecular formula is C19H18N4O3S. The van der Waals surface area contributed by atoms with Crippen molar-refractivity contribution in [2.24, 2.45) is 7.05 Å². The molecule has 0 aliphatic carbocycles. The fourth-order valence-corrected chi connectivity index (χ4v) is 3.56. The molecule has 2 heterocycles. The molecule has 1 aliphatic rings. The highest BCUT2D eigenvalue weighted by Gasteiger charge is 2.15. The molecule has 2 aromatic carbocycles. The van der Waals surface area contributed by atoms with Gasteiger partial charge in [-0.1, -0.05) is 42.1 Å². The second-order valence-corrected chi connectivity index (χ2v) is 7.01. The van der Waals surface area contributed by atoms with Gasteiger partial charge >= 0.3 is 0 Å². The number of rotatable bonds is 6. The minimum absolute atomic E-state index is 0.0631. The second-order valence-electron chi connectivity index (χ2n) is 5.95. The zero-order valence-electron chi connectivity index (χ0n) is 14.7. The van der Waals surface area contributed by atoms with Gasteiger partial charge in [0.05, 0.1) is 0 Å². The van der Waals surface area contributed by atoms with Crippen LogP contribution in [0.15, 0.2) is 53.7 Å². The molecule has 0 atom stereocenters. The molecule has 0 saturated heterocycles. The molecular weight excluding hydrogens is 364 g/mol. The monoisotopic (exact) mass is 382 g/mol. The largest absolute Gasteiger partial charge is 0.454 e. The van der Waals surface area contributed by atoms with Crippen molar-refractivity contribution in [2.75, 3.05) is 17.9 Å². The summed E-state index contributed by atoms with van der Waals surface area (Å²) in [4.78, 5) is 12.2. The lowest BCUT2D eigenvalue weighted by atomic mass is 10.2. The number of aromatic nitrogens is 3. The van der Waals surface area contributed by atoms with E-state index >= 15 is 0 Å². The maximum atomic E-state index is 12.2. The first-order valence-corrected chi connectivity index (χ1v) is 9.46. The number of ether oxygens (including phenoxy) is 2. The summed E-state index contributed by atoms with van der Waals surface area (Å²) in [7, 11) is 1.93. The molecule has 0 saturated carbocycles. The molecule has 0 spiro atoms. The highest BCUT2D eigenvalue weighted by molar-refractivity contribution is 7.99. The summed E-state index contributed by atoms with van der Waals surface area (Å²) >= 11 is 1.51. The van der Waals surface area contributed by atoms with E-state index in [2.05, 4.69) is 15.5 Å². The molecule has 27 heavy (non-hydrogen) atoms. The van der Waals surface area contributed by atoms with Crippen molar-refractivity contribution in [1.29, 1.82) is 0 Å². The smallest absolute Gasteiger partial charge is 0.231 e. The van der Waals surface area contributed by atoms with Crippen LogP contribution in [0.1, 0.15) is 6.42 Å². The second kappa shape index (κ2) is 7.71. The molecule has 4 rings (SSSR count). The average Bonchev–Trinajstić information content (AvgIpc) is 3.29. The zero-order valence-corrected chi connectivity index (χ0v) is 15.5. The number of anilines is 1. The van der Waals surface area contributed by atoms with Gasteiger partial charge in [-0.25, -0.2) is 0 Å². The summed E-state index contributed by atoms with van der Waals surface area (Å²) in [5, 5.41) is 12.1. The van der Waals surface area contributed by atoms with Crippen molar-refractivity contribution in [3.8, 4) is 22.9 Å². The van der Waals surface area contributed by atoms with Crippen LogP contribution < -0.4 is 14.8 Å². The van der Waals surface area contributed by atoms with Gasteiger partial charge in [-0.05, 0) is 12.1 Å². The first-order chi connectivity index (χ1) is 13.2. The van der Waals surface area contributed by atoms with Crippen molar-refractivity contribution in [3.63, 3.8) is 0 Å². The fourth-order valence-electron chi connectivity index (χ4n) is 2.71. The van der Waals surface area contributed by atoms with E-state index in [4.69, 9.17) is 9.47 Å². The normalized spacial score (nSPS) is 12.2. The Kier molecular flexibility index (Phi) is 4.97. The van der Waals surface area contributed by atoms with Gasteiger partial charge in [0.25, 0.3) is 0 Å². The molecule has 0 radical (unpaired) electrons. The fraction of sp³-hybridized carbons (Fsp3) is 0.211. The number of nitrogens with zero attached hydrogens (tertiary/aromatic N) is 3. The third kappa shape index (κ3) is 3.90. The van der Waals surface area contributed by atoms with Crippen LogP contribution in [-0.2, 0) is 11.8 Å². The van der Waals surface area contributed by atoms with Crippen LogP contribution in [0.5, 0.6) is 11.5 Å². The number of carbonyl (C=O) groups excluding carboxylic acids is 1. The molecule has 138 valence electrons. The molecule has 7 nitrogen and oxygen atoms in total. The van der Waals surface area contributed by atoms with Gasteiger partial charge in [0, 0.05) is 36.5 Å². The summed E-state index contributed by atoms with van der Waals surface area (Å²) in [6.07, 6.45) is 0.368. The Morgan fingerprint density at radius 1 is 1.15 bits per heavy atom. The predicted molar refractivity (Wildman–Crippen MR) is 103 cm³/mol. The standard InChI is InChI=1S/C19H18N4O3S/c1-23-18(13-5-3-2-4-6-13)21-22-19(23)27-10-9-17(24)20-14-7-8-15-16(11-14)26-12-25-15/h2-8,11H,9-10,12H2,1H3,(H,20,24). The van der Waals surface area contributed by atoms with Crippen LogP contribution in [-0.4, -0.2) is 33.2 Å². The van der Waals surface area contributed by atoms with Gasteiger partial charge in [0.15, 0.2) is 22.5 Å². The van der Waals surface area contributed by atoms with Crippen molar-refractivity contribution >= 4 is 23.4 Å². The zero-order chi connectivity index (χ0) is 18.6. The number of amides is 1. The molecule has 0 fully saturated rings. The molecule has 1 aliphatic heterocycles. The van der Waals surface area contributed by atoms with Crippen LogP contribution in [0.25, 0.3) is 11.4 Å². The lowest BCUT2D eigenvalue weighted by molar-refractivity contribution is -0.115. The molecule has 0 unspecified atom stereocenters. The van der Waals surface area contributed by atoms with Gasteiger partial charge in [-0.15, -0.1) is 10.2 Å². The number of carbonyl (C=O) groups is 1. The maximum absolute atomic E-state index is 12.2. The van der Waals surface area contributed by atoms with Gasteiger partial charge in [-0.2, -0.15) is 0 Å². The number of nitrogens with one attached hydrogen (secondary N) is 1. The average molecular weight is 382 g/mol. The lowest BCUT2D eigenvalue weighted by Crippen LogP contribution is -2.12. The van der Waals surface area contributed by atoms with Crippen LogP contribution in [0.3, 0.4) is 0 Å². The van der Waals surface area contributed by atoms with E-state index < -0.39 is 0 Å². The van der Waals surface area contributed by atoms with E-state index in [1.54, 1.807) is 18.2 Å². The summed E-state index contributed by atoms with van der Waals surface area (Å²) < 4.78 is 12.5. The maximum Gasteiger partial charge on any atom is 0.231 e. The number of benzene rings is 2. The summed E-state index contributed by atoms with van der Waals surface area (Å²) in [6, 6.07) is 15.3. The van der Waals surface area contributed by atoms with Crippen LogP contribution >= 0.6 is 11.8 Å². The third-order valence-electron chi connectivity index (χ3n) is 4.08. The highest BCUT2D eigenvalue weighted by Crippen LogP contribution is 2.34. The molecule has 0 bridgehead atoms. The predicted octanol–water partition coefficient (Wildman–Crippen LogP) is 3.33. The van der Waals surface area contributed by atoms with Crippen LogP contribution in [0, 0.1) is 0 Å². The number of fused-ring (bicyclic) bond motifs is 1. The SMILES string of the molecule is Cn1c(SCCC(=O)Nc2ccc3c(c2)OCO3)nnc1-c1ccccc1. The Balaban J connectivity index is 1.31. The number of hydrogen-bond acceptors (Lipinski definition) is 6. The van der Waals surface area contributed by atoms with Gasteiger partial charge in [0.1, 0.15) is 0 Å². The van der Waals surface area contributed by atoms with Gasteiger partial charge < -0.3 is 19.4 Å². The summed E-state index contributed by atoms with van der Waals surface area (Å²) in [6.45, 7) is 0.214. The van der Waals surface area contributed by atoms with E-state index in [-0.39, 0.29) is 12.7 Å². The Morgan fingerprint density at radius 2 is 1.96 bits per heavy atom. The van der Waals surface area contributed by atoms with Crippen molar-refractivity contribution in [1.82, 2.24) is 14.8 Å². The van der Waals surface area contributed by atoms with E-state index in [1.165, 1.54) is 11.8 Å². The van der Waals surface area contributed by atoms with E-state index in [0.29, 0.717) is 29.4 Å². The molecule has 8 heteroatoms. The molecule has 1 amide bonds. The Morgan fingerprint density at radius 3 is 2.81 bits per heavy atom. The minimum Gasteiger partial charge on any atom is -0.454 e. The van der Waals surface area contributed by atoms with E-state index in [9.17, 15) is 4.79 Å². The topological polar surface area (TPSA) is 78.3 Å². The van der Waals surface area contributed by atoms with E-state index in [1.807, 2.05) is 41.9 Å². The first-order valence-electron chi connectivity index (χ1n) is 8.48. The molecule has 3 aromatic rings. The van der Waals surface area contributed by atoms with Crippen molar-refractivity contribution in [2.45, 2.75) is 11.6 Å². The lowest BCUT2D eigenvalue weighted by Gasteiger charge is -2.06. The Bertz CT molecular complexity index is 959. The summed E-state index contributed by atoms with van der Waals surface area (Å²) in [5.74, 6) is 2.70. The quantitative estimate of drug-likeness (QED) is 0.659. The number of thioether (sulfide) groups is 1. The Hall–Kier alpha value is -3.00. The molecule has 1 N–H and O–H groups in total. The van der Waals surface area contributed by atoms with E-state index in [0.717, 1.165) is 16.5 Å². The van der Waals surface area contributed by atoms with Gasteiger partial charge in [0.2, 0.25) is 12.7 Å². The Labute approximate surface area is 160 Å². The molecule has 1 aromatic heterocycles. The van der Waals surface area contributed by atoms with Gasteiger partial charge in [-0.3, -0.25) is 4.79 Å². The van der Waals surface area contributed by atoms with Crippen LogP contribution in [0.4, 0.5) is 5.69 Å². The van der Waals surface area contributed by atoms with Crippen molar-refractivity contribution < 1.29 is 14.3 Å². The minimum atomic E-state index is -0.0631. The van der Waals surface area contributed by atoms with Crippen LogP contribution in [0.2, 0.25) is 0 Å².